The van der Waals surface area contributed by atoms with Crippen LogP contribution in [0.1, 0.15) is 32.6 Å². The molecule has 1 fully saturated rings. The number of hydrogen-bond acceptors (Lipinski definition) is 7. The highest BCUT2D eigenvalue weighted by atomic mass is 16.3. The van der Waals surface area contributed by atoms with Gasteiger partial charge in [-0.2, -0.15) is 4.98 Å². The van der Waals surface area contributed by atoms with E-state index in [1.807, 2.05) is 55.0 Å². The van der Waals surface area contributed by atoms with Crippen LogP contribution in [0.4, 0.5) is 11.8 Å². The largest absolute Gasteiger partial charge is 0.390 e. The molecule has 0 aromatic carbocycles. The van der Waals surface area contributed by atoms with E-state index >= 15 is 0 Å². The van der Waals surface area contributed by atoms with E-state index in [0.717, 1.165) is 59.3 Å². The molecule has 0 spiro atoms. The number of anilines is 2. The zero-order valence-corrected chi connectivity index (χ0v) is 17.1. The van der Waals surface area contributed by atoms with Gasteiger partial charge in [0.2, 0.25) is 5.95 Å². The molecule has 0 aliphatic heterocycles. The first-order valence-electron chi connectivity index (χ1n) is 10.3. The number of pyridine rings is 2. The summed E-state index contributed by atoms with van der Waals surface area (Å²) in [5.74, 6) is 1.32. The molecule has 1 saturated carbocycles. The van der Waals surface area contributed by atoms with Crippen LogP contribution in [-0.4, -0.2) is 48.4 Å². The Morgan fingerprint density at radius 1 is 1.10 bits per heavy atom. The van der Waals surface area contributed by atoms with Crippen molar-refractivity contribution in [2.45, 2.75) is 44.2 Å². The fourth-order valence-electron chi connectivity index (χ4n) is 4.14. The molecule has 0 bridgehead atoms. The molecular formula is C22H25N7O. The molecule has 0 unspecified atom stereocenters. The summed E-state index contributed by atoms with van der Waals surface area (Å²) in [6.45, 7) is 1.91. The van der Waals surface area contributed by atoms with Crippen molar-refractivity contribution in [2.75, 3.05) is 17.7 Å². The topological polar surface area (TPSA) is 100 Å². The normalized spacial score (nSPS) is 21.8. The highest BCUT2D eigenvalue weighted by Gasteiger charge is 2.29. The number of nitrogens with one attached hydrogen (secondary N) is 2. The number of nitrogens with zero attached hydrogens (tertiary/aromatic N) is 5. The summed E-state index contributed by atoms with van der Waals surface area (Å²) < 4.78 is 1.84. The quantitative estimate of drug-likeness (QED) is 0.479. The van der Waals surface area contributed by atoms with Gasteiger partial charge < -0.3 is 15.7 Å². The summed E-state index contributed by atoms with van der Waals surface area (Å²) in [6.07, 6.45) is 7.06. The van der Waals surface area contributed by atoms with E-state index in [4.69, 9.17) is 9.97 Å². The van der Waals surface area contributed by atoms with E-state index in [-0.39, 0.29) is 6.04 Å². The van der Waals surface area contributed by atoms with E-state index in [1.165, 1.54) is 0 Å². The molecule has 0 saturated heterocycles. The van der Waals surface area contributed by atoms with Gasteiger partial charge in [-0.3, -0.25) is 4.98 Å². The molecule has 1 aliphatic rings. The molecule has 5 rings (SSSR count). The maximum atomic E-state index is 10.2. The van der Waals surface area contributed by atoms with Gasteiger partial charge in [0.15, 0.2) is 5.82 Å². The molecule has 4 aromatic rings. The van der Waals surface area contributed by atoms with Crippen molar-refractivity contribution in [3.8, 4) is 11.3 Å². The molecule has 8 heteroatoms. The zero-order chi connectivity index (χ0) is 20.7. The average Bonchev–Trinajstić information content (AvgIpc) is 3.18. The molecule has 0 radical (unpaired) electrons. The molecule has 3 N–H and O–H groups in total. The first-order valence-corrected chi connectivity index (χ1v) is 10.3. The fraction of sp³-hybridized carbons (Fsp3) is 0.364. The zero-order valence-electron chi connectivity index (χ0n) is 17.1. The van der Waals surface area contributed by atoms with Crippen molar-refractivity contribution in [1.82, 2.24) is 24.6 Å². The lowest BCUT2D eigenvalue weighted by Gasteiger charge is -2.33. The minimum atomic E-state index is -0.559. The van der Waals surface area contributed by atoms with E-state index < -0.39 is 5.60 Å². The van der Waals surface area contributed by atoms with Gasteiger partial charge in [-0.25, -0.2) is 9.50 Å². The molecule has 30 heavy (non-hydrogen) atoms. The van der Waals surface area contributed by atoms with Crippen LogP contribution in [0.3, 0.4) is 0 Å². The molecule has 154 valence electrons. The predicted octanol–water partition coefficient (Wildman–Crippen LogP) is 3.49. The van der Waals surface area contributed by atoms with E-state index in [0.29, 0.717) is 5.95 Å². The standard InChI is InChI=1S/C22H25N7O/c1-22(30)10-7-14(8-11-22)25-21-27-20(23-2)19-15(9-13-29(19)28-21)16-5-6-17-18(26-16)4-3-12-24-17/h3-6,9,12-14,30H,7-8,10-11H2,1-2H3,(H2,23,25,27,28). The second-order valence-corrected chi connectivity index (χ2v) is 8.21. The van der Waals surface area contributed by atoms with Gasteiger partial charge in [-0.15, -0.1) is 5.10 Å². The second-order valence-electron chi connectivity index (χ2n) is 8.21. The van der Waals surface area contributed by atoms with Crippen LogP contribution in [0.5, 0.6) is 0 Å². The minimum absolute atomic E-state index is 0.261. The number of aromatic nitrogens is 5. The van der Waals surface area contributed by atoms with Crippen molar-refractivity contribution in [2.24, 2.45) is 0 Å². The Bertz CT molecular complexity index is 1210. The Hall–Kier alpha value is -3.26. The van der Waals surface area contributed by atoms with Crippen molar-refractivity contribution >= 4 is 28.3 Å². The predicted molar refractivity (Wildman–Crippen MR) is 118 cm³/mol. The van der Waals surface area contributed by atoms with E-state index in [9.17, 15) is 5.11 Å². The first kappa shape index (κ1) is 18.7. The SMILES string of the molecule is CNc1nc(NC2CCC(C)(O)CC2)nn2ccc(-c3ccc4ncccc4n3)c12. The molecule has 0 amide bonds. The lowest BCUT2D eigenvalue weighted by atomic mass is 9.84. The Morgan fingerprint density at radius 2 is 1.93 bits per heavy atom. The second kappa shape index (κ2) is 7.21. The summed E-state index contributed by atoms with van der Waals surface area (Å²) in [7, 11) is 1.86. The Morgan fingerprint density at radius 3 is 2.73 bits per heavy atom. The third-order valence-corrected chi connectivity index (χ3v) is 5.88. The van der Waals surface area contributed by atoms with Gasteiger partial charge in [-0.05, 0) is 62.9 Å². The van der Waals surface area contributed by atoms with Crippen LogP contribution in [0, 0.1) is 0 Å². The van der Waals surface area contributed by atoms with Crippen LogP contribution < -0.4 is 10.6 Å². The molecular weight excluding hydrogens is 378 g/mol. The van der Waals surface area contributed by atoms with E-state index in [2.05, 4.69) is 20.7 Å². The van der Waals surface area contributed by atoms with Gasteiger partial charge >= 0.3 is 0 Å². The minimum Gasteiger partial charge on any atom is -0.390 e. The number of rotatable bonds is 4. The third kappa shape index (κ3) is 3.43. The summed E-state index contributed by atoms with van der Waals surface area (Å²) in [6, 6.07) is 10.1. The smallest absolute Gasteiger partial charge is 0.243 e. The first-order chi connectivity index (χ1) is 14.5. The van der Waals surface area contributed by atoms with Gasteiger partial charge in [0.1, 0.15) is 5.52 Å². The van der Waals surface area contributed by atoms with Crippen LogP contribution in [0.2, 0.25) is 0 Å². The number of hydrogen-bond donors (Lipinski definition) is 3. The van der Waals surface area contributed by atoms with Crippen LogP contribution in [0.15, 0.2) is 42.7 Å². The molecule has 1 aliphatic carbocycles. The van der Waals surface area contributed by atoms with Gasteiger partial charge in [-0.1, -0.05) is 0 Å². The summed E-state index contributed by atoms with van der Waals surface area (Å²) in [5.41, 5.74) is 3.86. The average molecular weight is 403 g/mol. The summed E-state index contributed by atoms with van der Waals surface area (Å²) in [4.78, 5) is 13.8. The van der Waals surface area contributed by atoms with Crippen LogP contribution >= 0.6 is 0 Å². The monoisotopic (exact) mass is 403 g/mol. The molecule has 4 heterocycles. The highest BCUT2D eigenvalue weighted by molar-refractivity contribution is 5.89. The Labute approximate surface area is 174 Å². The van der Waals surface area contributed by atoms with Crippen molar-refractivity contribution in [3.05, 3.63) is 42.7 Å². The van der Waals surface area contributed by atoms with Crippen molar-refractivity contribution in [1.29, 1.82) is 0 Å². The fourth-order valence-corrected chi connectivity index (χ4v) is 4.14. The van der Waals surface area contributed by atoms with E-state index in [1.54, 1.807) is 6.20 Å². The Kier molecular flexibility index (Phi) is 4.51. The van der Waals surface area contributed by atoms with Crippen molar-refractivity contribution < 1.29 is 5.11 Å². The third-order valence-electron chi connectivity index (χ3n) is 5.88. The molecule has 0 atom stereocenters. The highest BCUT2D eigenvalue weighted by Crippen LogP contribution is 2.32. The maximum Gasteiger partial charge on any atom is 0.243 e. The van der Waals surface area contributed by atoms with Crippen molar-refractivity contribution in [3.63, 3.8) is 0 Å². The summed E-state index contributed by atoms with van der Waals surface area (Å²) in [5, 5.41) is 21.5. The van der Waals surface area contributed by atoms with Crippen LogP contribution in [-0.2, 0) is 0 Å². The molecule has 8 nitrogen and oxygen atoms in total. The molecule has 4 aromatic heterocycles. The number of aliphatic hydroxyl groups is 1. The lowest BCUT2D eigenvalue weighted by molar-refractivity contribution is 0.0195. The maximum absolute atomic E-state index is 10.2. The van der Waals surface area contributed by atoms with Crippen LogP contribution in [0.25, 0.3) is 27.8 Å². The van der Waals surface area contributed by atoms with Gasteiger partial charge in [0.05, 0.1) is 22.3 Å². The van der Waals surface area contributed by atoms with Gasteiger partial charge in [0.25, 0.3) is 0 Å². The Balaban J connectivity index is 1.49. The van der Waals surface area contributed by atoms with Gasteiger partial charge in [0, 0.05) is 31.0 Å². The number of fused-ring (bicyclic) bond motifs is 2. The lowest BCUT2D eigenvalue weighted by Crippen LogP contribution is -2.36. The summed E-state index contributed by atoms with van der Waals surface area (Å²) >= 11 is 0.